The van der Waals surface area contributed by atoms with E-state index in [1.807, 2.05) is 6.92 Å². The molecular formula is C15H21NO4S. The number of sulfonamides is 1. The molecule has 0 aliphatic carbocycles. The zero-order valence-corrected chi connectivity index (χ0v) is 13.5. The first-order chi connectivity index (χ1) is 9.76. The maximum atomic E-state index is 12.2. The van der Waals surface area contributed by atoms with Crippen LogP contribution in [0.5, 0.6) is 0 Å². The van der Waals surface area contributed by atoms with Crippen molar-refractivity contribution in [3.05, 3.63) is 42.0 Å². The van der Waals surface area contributed by atoms with Crippen LogP contribution >= 0.6 is 0 Å². The molecule has 0 spiro atoms. The van der Waals surface area contributed by atoms with E-state index in [-0.39, 0.29) is 10.9 Å². The van der Waals surface area contributed by atoms with Crippen molar-refractivity contribution in [2.24, 2.45) is 5.92 Å². The zero-order valence-electron chi connectivity index (χ0n) is 12.7. The maximum absolute atomic E-state index is 12.2. The fourth-order valence-electron chi connectivity index (χ4n) is 1.67. The third kappa shape index (κ3) is 5.32. The molecule has 0 fully saturated rings. The molecular weight excluding hydrogens is 290 g/mol. The molecule has 0 aliphatic rings. The number of ether oxygens (including phenoxy) is 1. The van der Waals surface area contributed by atoms with E-state index in [0.29, 0.717) is 0 Å². The first-order valence-electron chi connectivity index (χ1n) is 6.61. The third-order valence-corrected chi connectivity index (χ3v) is 4.51. The second-order valence-electron chi connectivity index (χ2n) is 4.92. The standard InChI is InChI=1S/C15H21NO4S/c1-11-5-9-14(10-6-11)21(18,19)16-13(3)8-7-12(2)15(17)20-4/h5-10,12-13,16H,1-4H3/b8-7+/t12-,13-/m0/s1. The van der Waals surface area contributed by atoms with Gasteiger partial charge in [-0.2, -0.15) is 0 Å². The van der Waals surface area contributed by atoms with E-state index in [1.54, 1.807) is 50.3 Å². The monoisotopic (exact) mass is 311 g/mol. The highest BCUT2D eigenvalue weighted by Crippen LogP contribution is 2.11. The van der Waals surface area contributed by atoms with E-state index in [1.165, 1.54) is 7.11 Å². The lowest BCUT2D eigenvalue weighted by Crippen LogP contribution is -2.31. The van der Waals surface area contributed by atoms with E-state index < -0.39 is 22.0 Å². The number of rotatable bonds is 6. The van der Waals surface area contributed by atoms with E-state index in [9.17, 15) is 13.2 Å². The van der Waals surface area contributed by atoms with Crippen LogP contribution in [0.4, 0.5) is 0 Å². The molecule has 116 valence electrons. The number of hydrogen-bond acceptors (Lipinski definition) is 4. The second kappa shape index (κ2) is 7.38. The molecule has 0 saturated carbocycles. The molecule has 1 rings (SSSR count). The van der Waals surface area contributed by atoms with Crippen LogP contribution in [0.25, 0.3) is 0 Å². The molecule has 0 heterocycles. The number of methoxy groups -OCH3 is 1. The SMILES string of the molecule is COC(=O)[C@@H](C)/C=C/[C@H](C)NS(=O)(=O)c1ccc(C)cc1. The molecule has 6 heteroatoms. The van der Waals surface area contributed by atoms with Crippen LogP contribution in [0.1, 0.15) is 19.4 Å². The molecule has 0 radical (unpaired) electrons. The Kier molecular flexibility index (Phi) is 6.11. The number of carbonyl (C=O) groups excluding carboxylic acids is 1. The van der Waals surface area contributed by atoms with Crippen LogP contribution in [0.2, 0.25) is 0 Å². The van der Waals surface area contributed by atoms with Crippen molar-refractivity contribution in [2.45, 2.75) is 31.7 Å². The molecule has 1 N–H and O–H groups in total. The van der Waals surface area contributed by atoms with Crippen molar-refractivity contribution in [1.29, 1.82) is 0 Å². The quantitative estimate of drug-likeness (QED) is 0.644. The Bertz CT molecular complexity index is 605. The van der Waals surface area contributed by atoms with Gasteiger partial charge >= 0.3 is 5.97 Å². The van der Waals surface area contributed by atoms with Crippen molar-refractivity contribution in [3.8, 4) is 0 Å². The molecule has 0 amide bonds. The van der Waals surface area contributed by atoms with Gasteiger partial charge < -0.3 is 4.74 Å². The van der Waals surface area contributed by atoms with Crippen molar-refractivity contribution in [2.75, 3.05) is 7.11 Å². The molecule has 0 unspecified atom stereocenters. The molecule has 0 bridgehead atoms. The van der Waals surface area contributed by atoms with Gasteiger partial charge in [-0.15, -0.1) is 0 Å². The highest BCUT2D eigenvalue weighted by molar-refractivity contribution is 7.89. The third-order valence-electron chi connectivity index (χ3n) is 2.93. The average molecular weight is 311 g/mol. The predicted molar refractivity (Wildman–Crippen MR) is 81.3 cm³/mol. The van der Waals surface area contributed by atoms with Crippen molar-refractivity contribution >= 4 is 16.0 Å². The van der Waals surface area contributed by atoms with Crippen LogP contribution < -0.4 is 4.72 Å². The smallest absolute Gasteiger partial charge is 0.312 e. The summed E-state index contributed by atoms with van der Waals surface area (Å²) in [5.41, 5.74) is 0.994. The van der Waals surface area contributed by atoms with Crippen molar-refractivity contribution in [1.82, 2.24) is 4.72 Å². The van der Waals surface area contributed by atoms with Gasteiger partial charge in [-0.3, -0.25) is 4.79 Å². The predicted octanol–water partition coefficient (Wildman–Crippen LogP) is 2.03. The Morgan fingerprint density at radius 1 is 1.19 bits per heavy atom. The molecule has 0 aliphatic heterocycles. The van der Waals surface area contributed by atoms with Gasteiger partial charge in [0.2, 0.25) is 10.0 Å². The van der Waals surface area contributed by atoms with E-state index in [0.717, 1.165) is 5.56 Å². The van der Waals surface area contributed by atoms with Crippen LogP contribution in [-0.4, -0.2) is 27.5 Å². The molecule has 2 atom stereocenters. The van der Waals surface area contributed by atoms with Gasteiger partial charge in [0.1, 0.15) is 0 Å². The van der Waals surface area contributed by atoms with Crippen LogP contribution in [0.15, 0.2) is 41.3 Å². The van der Waals surface area contributed by atoms with Crippen LogP contribution in [0.3, 0.4) is 0 Å². The summed E-state index contributed by atoms with van der Waals surface area (Å²) in [5, 5.41) is 0. The first-order valence-corrected chi connectivity index (χ1v) is 8.09. The Morgan fingerprint density at radius 2 is 1.76 bits per heavy atom. The minimum Gasteiger partial charge on any atom is -0.469 e. The lowest BCUT2D eigenvalue weighted by molar-refractivity contribution is -0.143. The van der Waals surface area contributed by atoms with Gasteiger partial charge in [-0.05, 0) is 32.9 Å². The van der Waals surface area contributed by atoms with Gasteiger partial charge in [-0.25, -0.2) is 13.1 Å². The summed E-state index contributed by atoms with van der Waals surface area (Å²) in [5.74, 6) is -0.777. The molecule has 21 heavy (non-hydrogen) atoms. The lowest BCUT2D eigenvalue weighted by Gasteiger charge is -2.11. The number of nitrogens with one attached hydrogen (secondary N) is 1. The van der Waals surface area contributed by atoms with E-state index in [4.69, 9.17) is 0 Å². The number of hydrogen-bond donors (Lipinski definition) is 1. The van der Waals surface area contributed by atoms with Crippen molar-refractivity contribution < 1.29 is 17.9 Å². The summed E-state index contributed by atoms with van der Waals surface area (Å²) < 4.78 is 31.4. The topological polar surface area (TPSA) is 72.5 Å². The summed E-state index contributed by atoms with van der Waals surface area (Å²) in [6.07, 6.45) is 3.25. The second-order valence-corrected chi connectivity index (χ2v) is 6.63. The molecule has 0 aromatic heterocycles. The Morgan fingerprint density at radius 3 is 2.29 bits per heavy atom. The number of carbonyl (C=O) groups is 1. The van der Waals surface area contributed by atoms with Gasteiger partial charge in [0.15, 0.2) is 0 Å². The highest BCUT2D eigenvalue weighted by atomic mass is 32.2. The summed E-state index contributed by atoms with van der Waals surface area (Å²) >= 11 is 0. The molecule has 5 nitrogen and oxygen atoms in total. The Labute approximate surface area is 126 Å². The van der Waals surface area contributed by atoms with Crippen LogP contribution in [0, 0.1) is 12.8 Å². The zero-order chi connectivity index (χ0) is 16.0. The summed E-state index contributed by atoms with van der Waals surface area (Å²) in [7, 11) is -2.25. The molecule has 0 saturated heterocycles. The highest BCUT2D eigenvalue weighted by Gasteiger charge is 2.16. The molecule has 1 aromatic carbocycles. The Balaban J connectivity index is 2.73. The number of esters is 1. The van der Waals surface area contributed by atoms with Gasteiger partial charge in [0.05, 0.1) is 17.9 Å². The fraction of sp³-hybridized carbons (Fsp3) is 0.400. The largest absolute Gasteiger partial charge is 0.469 e. The first kappa shape index (κ1) is 17.4. The molecule has 1 aromatic rings. The lowest BCUT2D eigenvalue weighted by atomic mass is 10.1. The Hall–Kier alpha value is -1.66. The summed E-state index contributed by atoms with van der Waals surface area (Å²) in [4.78, 5) is 11.5. The minimum atomic E-state index is -3.57. The summed E-state index contributed by atoms with van der Waals surface area (Å²) in [6.45, 7) is 5.28. The van der Waals surface area contributed by atoms with Gasteiger partial charge in [0, 0.05) is 6.04 Å². The van der Waals surface area contributed by atoms with Gasteiger partial charge in [0.25, 0.3) is 0 Å². The fourth-order valence-corrected chi connectivity index (χ4v) is 2.87. The van der Waals surface area contributed by atoms with E-state index >= 15 is 0 Å². The average Bonchev–Trinajstić information content (AvgIpc) is 2.43. The van der Waals surface area contributed by atoms with Gasteiger partial charge in [-0.1, -0.05) is 29.8 Å². The normalized spacial score (nSPS) is 14.9. The van der Waals surface area contributed by atoms with Crippen molar-refractivity contribution in [3.63, 3.8) is 0 Å². The van der Waals surface area contributed by atoms with Crippen LogP contribution in [-0.2, 0) is 19.6 Å². The number of aryl methyl sites for hydroxylation is 1. The van der Waals surface area contributed by atoms with E-state index in [2.05, 4.69) is 9.46 Å². The maximum Gasteiger partial charge on any atom is 0.312 e. The minimum absolute atomic E-state index is 0.217. The summed E-state index contributed by atoms with van der Waals surface area (Å²) in [6, 6.07) is 6.18. The number of benzene rings is 1.